The van der Waals surface area contributed by atoms with E-state index in [1.807, 2.05) is 4.90 Å². The molecule has 0 radical (unpaired) electrons. The summed E-state index contributed by atoms with van der Waals surface area (Å²) in [6, 6.07) is 6.98. The van der Waals surface area contributed by atoms with Gasteiger partial charge >= 0.3 is 0 Å². The van der Waals surface area contributed by atoms with Crippen molar-refractivity contribution < 1.29 is 13.2 Å². The molecule has 1 aromatic carbocycles. The molecule has 0 aromatic heterocycles. The Morgan fingerprint density at radius 1 is 1.30 bits per heavy atom. The molecule has 3 N–H and O–H groups in total. The SMILES string of the molecule is CS(=O)(=O)NCCC1CCCCN1C(=O)c1ccc(N)cc1.Cl. The molecule has 1 fully saturated rings. The van der Waals surface area contributed by atoms with Crippen LogP contribution in [-0.2, 0) is 10.0 Å². The minimum atomic E-state index is -3.19. The third kappa shape index (κ3) is 6.01. The topological polar surface area (TPSA) is 92.5 Å². The number of sulfonamides is 1. The van der Waals surface area contributed by atoms with Crippen LogP contribution < -0.4 is 10.5 Å². The van der Waals surface area contributed by atoms with Crippen LogP contribution in [0.25, 0.3) is 0 Å². The van der Waals surface area contributed by atoms with Gasteiger partial charge in [-0.25, -0.2) is 13.1 Å². The molecule has 1 aliphatic heterocycles. The van der Waals surface area contributed by atoms with Crippen molar-refractivity contribution in [2.75, 3.05) is 25.1 Å². The Labute approximate surface area is 143 Å². The van der Waals surface area contributed by atoms with Gasteiger partial charge in [0.2, 0.25) is 10.0 Å². The lowest BCUT2D eigenvalue weighted by atomic mass is 9.98. The van der Waals surface area contributed by atoms with E-state index >= 15 is 0 Å². The normalized spacial score (nSPS) is 18.3. The van der Waals surface area contributed by atoms with Crippen LogP contribution in [-0.4, -0.2) is 44.6 Å². The summed E-state index contributed by atoms with van der Waals surface area (Å²) in [4.78, 5) is 14.5. The number of carbonyl (C=O) groups excluding carboxylic acids is 1. The fourth-order valence-electron chi connectivity index (χ4n) is 2.77. The minimum Gasteiger partial charge on any atom is -0.399 e. The molecule has 2 rings (SSSR count). The maximum Gasteiger partial charge on any atom is 0.254 e. The molecule has 6 nitrogen and oxygen atoms in total. The largest absolute Gasteiger partial charge is 0.399 e. The summed E-state index contributed by atoms with van der Waals surface area (Å²) < 4.78 is 24.8. The summed E-state index contributed by atoms with van der Waals surface area (Å²) in [6.07, 6.45) is 4.73. The average Bonchev–Trinajstić information content (AvgIpc) is 2.46. The van der Waals surface area contributed by atoms with Crippen LogP contribution in [0.5, 0.6) is 0 Å². The summed E-state index contributed by atoms with van der Waals surface area (Å²) in [5.74, 6) is -0.0101. The summed E-state index contributed by atoms with van der Waals surface area (Å²) in [7, 11) is -3.19. The summed E-state index contributed by atoms with van der Waals surface area (Å²) in [5.41, 5.74) is 6.90. The highest BCUT2D eigenvalue weighted by Crippen LogP contribution is 2.22. The van der Waals surface area contributed by atoms with E-state index in [1.54, 1.807) is 24.3 Å². The monoisotopic (exact) mass is 361 g/mol. The van der Waals surface area contributed by atoms with Crippen LogP contribution in [0.3, 0.4) is 0 Å². The second-order valence-corrected chi connectivity index (χ2v) is 7.56. The first-order valence-electron chi connectivity index (χ1n) is 7.48. The third-order valence-corrected chi connectivity index (χ3v) is 4.62. The number of piperidine rings is 1. The highest BCUT2D eigenvalue weighted by Gasteiger charge is 2.27. The quantitative estimate of drug-likeness (QED) is 0.779. The van der Waals surface area contributed by atoms with E-state index in [2.05, 4.69) is 4.72 Å². The fraction of sp³-hybridized carbons (Fsp3) is 0.533. The number of halogens is 1. The molecular formula is C15H24ClN3O3S. The standard InChI is InChI=1S/C15H23N3O3S.ClH/c1-22(20,21)17-10-9-14-4-2-3-11-18(14)15(19)12-5-7-13(16)8-6-12;/h5-8,14,17H,2-4,9-11,16H2,1H3;1H. The van der Waals surface area contributed by atoms with Crippen LogP contribution in [0.2, 0.25) is 0 Å². The summed E-state index contributed by atoms with van der Waals surface area (Å²) in [6.45, 7) is 1.07. The van der Waals surface area contributed by atoms with Gasteiger partial charge in [0.1, 0.15) is 0 Å². The molecule has 1 heterocycles. The Bertz CT molecular complexity index is 619. The smallest absolute Gasteiger partial charge is 0.254 e. The molecule has 0 saturated carbocycles. The Morgan fingerprint density at radius 2 is 1.96 bits per heavy atom. The molecule has 1 atom stereocenters. The summed E-state index contributed by atoms with van der Waals surface area (Å²) >= 11 is 0. The van der Waals surface area contributed by atoms with Crippen LogP contribution in [0.15, 0.2) is 24.3 Å². The van der Waals surface area contributed by atoms with E-state index < -0.39 is 10.0 Å². The van der Waals surface area contributed by atoms with Crippen molar-refractivity contribution in [3.8, 4) is 0 Å². The van der Waals surface area contributed by atoms with E-state index in [0.717, 1.165) is 25.5 Å². The third-order valence-electron chi connectivity index (χ3n) is 3.89. The van der Waals surface area contributed by atoms with Crippen molar-refractivity contribution in [2.45, 2.75) is 31.7 Å². The van der Waals surface area contributed by atoms with Crippen molar-refractivity contribution in [3.63, 3.8) is 0 Å². The molecule has 0 spiro atoms. The molecule has 130 valence electrons. The summed E-state index contributed by atoms with van der Waals surface area (Å²) in [5, 5.41) is 0. The van der Waals surface area contributed by atoms with Gasteiger partial charge in [0.05, 0.1) is 6.26 Å². The van der Waals surface area contributed by atoms with Crippen molar-refractivity contribution in [1.82, 2.24) is 9.62 Å². The fourth-order valence-corrected chi connectivity index (χ4v) is 3.26. The van der Waals surface area contributed by atoms with Gasteiger partial charge in [-0.1, -0.05) is 0 Å². The van der Waals surface area contributed by atoms with Crippen LogP contribution in [0, 0.1) is 0 Å². The number of anilines is 1. The average molecular weight is 362 g/mol. The highest BCUT2D eigenvalue weighted by atomic mass is 35.5. The zero-order chi connectivity index (χ0) is 16.2. The first kappa shape index (κ1) is 19.7. The Kier molecular flexibility index (Phi) is 7.31. The Balaban J connectivity index is 0.00000264. The lowest BCUT2D eigenvalue weighted by molar-refractivity contribution is 0.0604. The lowest BCUT2D eigenvalue weighted by Crippen LogP contribution is -2.45. The second-order valence-electron chi connectivity index (χ2n) is 5.73. The molecule has 0 bridgehead atoms. The molecule has 1 unspecified atom stereocenters. The molecule has 1 amide bonds. The molecule has 0 aliphatic carbocycles. The van der Waals surface area contributed by atoms with Gasteiger partial charge in [-0.05, 0) is 49.9 Å². The van der Waals surface area contributed by atoms with Crippen LogP contribution in [0.1, 0.15) is 36.0 Å². The van der Waals surface area contributed by atoms with Crippen LogP contribution >= 0.6 is 12.4 Å². The number of hydrogen-bond donors (Lipinski definition) is 2. The maximum absolute atomic E-state index is 12.6. The van der Waals surface area contributed by atoms with Crippen molar-refractivity contribution in [3.05, 3.63) is 29.8 Å². The van der Waals surface area contributed by atoms with Gasteiger partial charge in [0, 0.05) is 30.4 Å². The molecule has 1 aliphatic rings. The molecular weight excluding hydrogens is 338 g/mol. The number of nitrogens with zero attached hydrogens (tertiary/aromatic N) is 1. The number of likely N-dealkylation sites (tertiary alicyclic amines) is 1. The van der Waals surface area contributed by atoms with Gasteiger partial charge in [-0.2, -0.15) is 0 Å². The number of carbonyl (C=O) groups is 1. The van der Waals surface area contributed by atoms with Crippen molar-refractivity contribution in [1.29, 1.82) is 0 Å². The maximum atomic E-state index is 12.6. The number of rotatable bonds is 5. The van der Waals surface area contributed by atoms with E-state index in [4.69, 9.17) is 5.73 Å². The van der Waals surface area contributed by atoms with Gasteiger partial charge in [-0.15, -0.1) is 12.4 Å². The lowest BCUT2D eigenvalue weighted by Gasteiger charge is -2.36. The van der Waals surface area contributed by atoms with Crippen molar-refractivity contribution in [2.24, 2.45) is 0 Å². The number of nitrogen functional groups attached to an aromatic ring is 1. The number of benzene rings is 1. The Hall–Kier alpha value is -1.31. The predicted octanol–water partition coefficient (Wildman–Crippen LogP) is 1.62. The predicted molar refractivity (Wildman–Crippen MR) is 94.2 cm³/mol. The minimum absolute atomic E-state index is 0. The second kappa shape index (κ2) is 8.52. The van der Waals surface area contributed by atoms with Gasteiger partial charge in [0.25, 0.3) is 5.91 Å². The van der Waals surface area contributed by atoms with E-state index in [1.165, 1.54) is 0 Å². The van der Waals surface area contributed by atoms with Gasteiger partial charge < -0.3 is 10.6 Å². The van der Waals surface area contributed by atoms with E-state index in [-0.39, 0.29) is 24.4 Å². The molecule has 1 aromatic rings. The first-order valence-corrected chi connectivity index (χ1v) is 9.37. The number of nitrogens with two attached hydrogens (primary N) is 1. The first-order chi connectivity index (χ1) is 10.4. The Morgan fingerprint density at radius 3 is 2.57 bits per heavy atom. The number of nitrogens with one attached hydrogen (secondary N) is 1. The van der Waals surface area contributed by atoms with E-state index in [0.29, 0.717) is 30.8 Å². The zero-order valence-electron chi connectivity index (χ0n) is 13.2. The molecule has 23 heavy (non-hydrogen) atoms. The highest BCUT2D eigenvalue weighted by molar-refractivity contribution is 7.88. The number of hydrogen-bond acceptors (Lipinski definition) is 4. The van der Waals surface area contributed by atoms with Crippen LogP contribution in [0.4, 0.5) is 5.69 Å². The molecule has 8 heteroatoms. The molecule has 1 saturated heterocycles. The number of amides is 1. The van der Waals surface area contributed by atoms with E-state index in [9.17, 15) is 13.2 Å². The van der Waals surface area contributed by atoms with Gasteiger partial charge in [0.15, 0.2) is 0 Å². The van der Waals surface area contributed by atoms with Crippen molar-refractivity contribution >= 4 is 34.0 Å². The van der Waals surface area contributed by atoms with Gasteiger partial charge in [-0.3, -0.25) is 4.79 Å². The zero-order valence-corrected chi connectivity index (χ0v) is 14.8.